The number of likely N-dealkylation sites (tertiary alicyclic amines) is 1. The summed E-state index contributed by atoms with van der Waals surface area (Å²) in [4.78, 5) is 2.52. The summed E-state index contributed by atoms with van der Waals surface area (Å²) in [5.41, 5.74) is 6.87. The van der Waals surface area contributed by atoms with Crippen LogP contribution in [-0.4, -0.2) is 38.3 Å². The molecule has 0 saturated carbocycles. The Morgan fingerprint density at radius 1 is 0.889 bits per heavy atom. The molecule has 1 N–H and O–H groups in total. The topological polar surface area (TPSA) is 33.7 Å². The summed E-state index contributed by atoms with van der Waals surface area (Å²) in [5, 5.41) is 3.69. The number of nitrogens with one attached hydrogen (secondary N) is 1. The van der Waals surface area contributed by atoms with Crippen molar-refractivity contribution in [2.75, 3.05) is 38.7 Å². The molecule has 2 aliphatic rings. The first-order valence-electron chi connectivity index (χ1n) is 13.7. The van der Waals surface area contributed by atoms with Crippen molar-refractivity contribution in [1.29, 1.82) is 0 Å². The van der Waals surface area contributed by atoms with Gasteiger partial charge in [-0.05, 0) is 110 Å². The number of fused-ring (bicyclic) bond motifs is 1. The predicted octanol–water partition coefficient (Wildman–Crippen LogP) is 6.52. The van der Waals surface area contributed by atoms with Crippen LogP contribution < -0.4 is 14.8 Å². The Kier molecular flexibility index (Phi) is 8.45. The second-order valence-corrected chi connectivity index (χ2v) is 10.4. The van der Waals surface area contributed by atoms with Crippen LogP contribution in [0, 0.1) is 5.92 Å². The van der Waals surface area contributed by atoms with E-state index in [0.717, 1.165) is 50.5 Å². The molecule has 0 aromatic heterocycles. The minimum absolute atomic E-state index is 0.676. The number of rotatable bonds is 10. The summed E-state index contributed by atoms with van der Waals surface area (Å²) in [5.74, 6) is 2.61. The third-order valence-electron chi connectivity index (χ3n) is 7.80. The zero-order valence-corrected chi connectivity index (χ0v) is 21.7. The molecule has 36 heavy (non-hydrogen) atoms. The number of hydrogen-bond acceptors (Lipinski definition) is 4. The second-order valence-electron chi connectivity index (χ2n) is 10.4. The average molecular weight is 485 g/mol. The Hall–Kier alpha value is -2.98. The van der Waals surface area contributed by atoms with Gasteiger partial charge in [0.05, 0.1) is 7.11 Å². The Bertz CT molecular complexity index is 1110. The van der Waals surface area contributed by atoms with Crippen molar-refractivity contribution in [3.05, 3.63) is 89.0 Å². The fourth-order valence-electron chi connectivity index (χ4n) is 5.67. The monoisotopic (exact) mass is 484 g/mol. The predicted molar refractivity (Wildman–Crippen MR) is 148 cm³/mol. The van der Waals surface area contributed by atoms with E-state index >= 15 is 0 Å². The number of methoxy groups -OCH3 is 1. The van der Waals surface area contributed by atoms with E-state index in [-0.39, 0.29) is 0 Å². The van der Waals surface area contributed by atoms with Gasteiger partial charge in [-0.3, -0.25) is 4.90 Å². The molecule has 0 spiro atoms. The second kappa shape index (κ2) is 12.3. The SMILES string of the molecule is COc1ccc2c(c1)CCC(Cc1ccccc1NCc1ccc(OCCN3CCCCC3)cc1)C2. The average Bonchev–Trinajstić information content (AvgIpc) is 2.93. The van der Waals surface area contributed by atoms with E-state index in [4.69, 9.17) is 9.47 Å². The quantitative estimate of drug-likeness (QED) is 0.355. The van der Waals surface area contributed by atoms with Crippen molar-refractivity contribution in [3.63, 3.8) is 0 Å². The summed E-state index contributed by atoms with van der Waals surface area (Å²) in [7, 11) is 1.75. The molecule has 0 bridgehead atoms. The van der Waals surface area contributed by atoms with Crippen LogP contribution in [0.4, 0.5) is 5.69 Å². The lowest BCUT2D eigenvalue weighted by Crippen LogP contribution is -2.33. The molecule has 5 rings (SSSR count). The van der Waals surface area contributed by atoms with Gasteiger partial charge in [0.25, 0.3) is 0 Å². The first kappa shape index (κ1) is 24.7. The summed E-state index contributed by atoms with van der Waals surface area (Å²) < 4.78 is 11.4. The molecule has 1 aliphatic carbocycles. The van der Waals surface area contributed by atoms with Crippen molar-refractivity contribution in [2.45, 2.75) is 51.5 Å². The van der Waals surface area contributed by atoms with Crippen LogP contribution in [0.2, 0.25) is 0 Å². The lowest BCUT2D eigenvalue weighted by molar-refractivity contribution is 0.183. The Labute approximate surface area is 216 Å². The van der Waals surface area contributed by atoms with E-state index in [1.165, 1.54) is 66.7 Å². The van der Waals surface area contributed by atoms with E-state index in [0.29, 0.717) is 5.92 Å². The number of aryl methyl sites for hydroxylation is 1. The lowest BCUT2D eigenvalue weighted by Gasteiger charge is -2.26. The van der Waals surface area contributed by atoms with Crippen molar-refractivity contribution in [3.8, 4) is 11.5 Å². The van der Waals surface area contributed by atoms with Crippen LogP contribution in [0.5, 0.6) is 11.5 Å². The highest BCUT2D eigenvalue weighted by Crippen LogP contribution is 2.32. The van der Waals surface area contributed by atoms with Crippen molar-refractivity contribution in [1.82, 2.24) is 4.90 Å². The molecule has 1 fully saturated rings. The lowest BCUT2D eigenvalue weighted by atomic mass is 9.80. The van der Waals surface area contributed by atoms with E-state index in [1.807, 2.05) is 0 Å². The normalized spacial score (nSPS) is 17.9. The first-order valence-corrected chi connectivity index (χ1v) is 13.7. The molecule has 3 aromatic rings. The van der Waals surface area contributed by atoms with Crippen LogP contribution in [0.25, 0.3) is 0 Å². The maximum absolute atomic E-state index is 6.00. The van der Waals surface area contributed by atoms with E-state index < -0.39 is 0 Å². The number of benzene rings is 3. The number of hydrogen-bond donors (Lipinski definition) is 1. The van der Waals surface area contributed by atoms with Gasteiger partial charge in [-0.2, -0.15) is 0 Å². The number of anilines is 1. The van der Waals surface area contributed by atoms with Crippen LogP contribution in [0.15, 0.2) is 66.7 Å². The number of nitrogens with zero attached hydrogens (tertiary/aromatic N) is 1. The van der Waals surface area contributed by atoms with Crippen molar-refractivity contribution < 1.29 is 9.47 Å². The zero-order valence-electron chi connectivity index (χ0n) is 21.7. The van der Waals surface area contributed by atoms with Crippen molar-refractivity contribution >= 4 is 5.69 Å². The highest BCUT2D eigenvalue weighted by Gasteiger charge is 2.20. The third kappa shape index (κ3) is 6.61. The summed E-state index contributed by atoms with van der Waals surface area (Å²) in [6, 6.07) is 23.9. The highest BCUT2D eigenvalue weighted by atomic mass is 16.5. The number of piperidine rings is 1. The van der Waals surface area contributed by atoms with Gasteiger partial charge >= 0.3 is 0 Å². The molecule has 1 atom stereocenters. The molecule has 1 unspecified atom stereocenters. The van der Waals surface area contributed by atoms with E-state index in [2.05, 4.69) is 76.9 Å². The van der Waals surface area contributed by atoms with Gasteiger partial charge in [-0.15, -0.1) is 0 Å². The molecule has 0 amide bonds. The van der Waals surface area contributed by atoms with Crippen LogP contribution in [0.3, 0.4) is 0 Å². The summed E-state index contributed by atoms with van der Waals surface area (Å²) in [6.07, 6.45) is 8.66. The van der Waals surface area contributed by atoms with Crippen LogP contribution in [0.1, 0.15) is 47.9 Å². The van der Waals surface area contributed by atoms with Gasteiger partial charge in [0.15, 0.2) is 0 Å². The fourth-order valence-corrected chi connectivity index (χ4v) is 5.67. The molecular weight excluding hydrogens is 444 g/mol. The standard InChI is InChI=1S/C32H40N2O2/c1-35-31-16-13-27-21-26(9-12-28(27)23-31)22-29-7-3-4-8-32(29)33-24-25-10-14-30(15-11-25)36-20-19-34-17-5-2-6-18-34/h3-4,7-8,10-11,13-16,23,26,33H,2,5-6,9,12,17-22,24H2,1H3. The summed E-state index contributed by atoms with van der Waals surface area (Å²) in [6.45, 7) is 5.06. The van der Waals surface area contributed by atoms with Gasteiger partial charge in [-0.25, -0.2) is 0 Å². The molecule has 1 aliphatic heterocycles. The molecule has 190 valence electrons. The molecule has 4 heteroatoms. The van der Waals surface area contributed by atoms with Gasteiger partial charge in [0.2, 0.25) is 0 Å². The minimum atomic E-state index is 0.676. The maximum atomic E-state index is 6.00. The minimum Gasteiger partial charge on any atom is -0.497 e. The van der Waals surface area contributed by atoms with Crippen LogP contribution in [-0.2, 0) is 25.8 Å². The Balaban J connectivity index is 1.12. The highest BCUT2D eigenvalue weighted by molar-refractivity contribution is 5.52. The van der Waals surface area contributed by atoms with E-state index in [9.17, 15) is 0 Å². The zero-order chi connectivity index (χ0) is 24.6. The third-order valence-corrected chi connectivity index (χ3v) is 7.80. The van der Waals surface area contributed by atoms with Crippen LogP contribution >= 0.6 is 0 Å². The molecule has 1 saturated heterocycles. The molecule has 3 aromatic carbocycles. The first-order chi connectivity index (χ1) is 17.8. The van der Waals surface area contributed by atoms with Gasteiger partial charge < -0.3 is 14.8 Å². The number of para-hydroxylation sites is 1. The molecular formula is C32H40N2O2. The molecule has 1 heterocycles. The molecule has 0 radical (unpaired) electrons. The van der Waals surface area contributed by atoms with Gasteiger partial charge in [0, 0.05) is 18.8 Å². The summed E-state index contributed by atoms with van der Waals surface area (Å²) >= 11 is 0. The fraction of sp³-hybridized carbons (Fsp3) is 0.438. The molecule has 4 nitrogen and oxygen atoms in total. The van der Waals surface area contributed by atoms with Gasteiger partial charge in [0.1, 0.15) is 18.1 Å². The Morgan fingerprint density at radius 3 is 2.53 bits per heavy atom. The van der Waals surface area contributed by atoms with Crippen molar-refractivity contribution in [2.24, 2.45) is 5.92 Å². The number of ether oxygens (including phenoxy) is 2. The largest absolute Gasteiger partial charge is 0.497 e. The maximum Gasteiger partial charge on any atom is 0.119 e. The van der Waals surface area contributed by atoms with Gasteiger partial charge in [-0.1, -0.05) is 42.8 Å². The van der Waals surface area contributed by atoms with E-state index in [1.54, 1.807) is 7.11 Å². The Morgan fingerprint density at radius 2 is 1.69 bits per heavy atom. The smallest absolute Gasteiger partial charge is 0.119 e.